The average Bonchev–Trinajstić information content (AvgIpc) is 3.30. The molecular weight excluding hydrogens is 339 g/mol. The quantitative estimate of drug-likeness (QED) is 0.548. The van der Waals surface area contributed by atoms with E-state index in [0.717, 1.165) is 15.3 Å². The van der Waals surface area contributed by atoms with E-state index < -0.39 is 5.91 Å². The van der Waals surface area contributed by atoms with Crippen LogP contribution in [0.4, 0.5) is 4.39 Å². The summed E-state index contributed by atoms with van der Waals surface area (Å²) in [5.41, 5.74) is 0.894. The number of thiophene rings is 1. The first-order valence-corrected chi connectivity index (χ1v) is 8.25. The largest absolute Gasteiger partial charge is 0.467 e. The molecule has 25 heavy (non-hydrogen) atoms. The van der Waals surface area contributed by atoms with Crippen LogP contribution in [0.15, 0.2) is 64.8 Å². The van der Waals surface area contributed by atoms with Crippen molar-refractivity contribution in [2.24, 2.45) is 0 Å². The molecule has 0 aliphatic rings. The maximum atomic E-state index is 13.0. The van der Waals surface area contributed by atoms with E-state index >= 15 is 0 Å². The Balaban J connectivity index is 1.72. The van der Waals surface area contributed by atoms with Gasteiger partial charge in [0.05, 0.1) is 12.8 Å². The standard InChI is InChI=1S/C19H13FN2O2S/c20-15-5-3-13(4-6-15)18-8-7-17(25-18)10-14(11-21)19(23)22-12-16-2-1-9-24-16/h1-10H,12H2,(H,22,23)/b14-10+. The Morgan fingerprint density at radius 1 is 1.24 bits per heavy atom. The van der Waals surface area contributed by atoms with Crippen LogP contribution in [0.1, 0.15) is 10.6 Å². The maximum absolute atomic E-state index is 13.0. The first-order valence-electron chi connectivity index (χ1n) is 7.44. The highest BCUT2D eigenvalue weighted by Gasteiger charge is 2.10. The lowest BCUT2D eigenvalue weighted by Gasteiger charge is -2.01. The molecule has 0 fully saturated rings. The van der Waals surface area contributed by atoms with Gasteiger partial charge in [0.15, 0.2) is 0 Å². The third-order valence-electron chi connectivity index (χ3n) is 3.41. The van der Waals surface area contributed by atoms with Gasteiger partial charge in [-0.2, -0.15) is 5.26 Å². The zero-order valence-corrected chi connectivity index (χ0v) is 13.8. The molecule has 2 aromatic heterocycles. The highest BCUT2D eigenvalue weighted by atomic mass is 32.1. The number of halogens is 1. The molecule has 4 nitrogen and oxygen atoms in total. The second kappa shape index (κ2) is 7.60. The first-order chi connectivity index (χ1) is 12.2. The van der Waals surface area contributed by atoms with Crippen LogP contribution in [0, 0.1) is 17.1 Å². The van der Waals surface area contributed by atoms with Gasteiger partial charge in [0, 0.05) is 9.75 Å². The Bertz CT molecular complexity index is 935. The summed E-state index contributed by atoms with van der Waals surface area (Å²) >= 11 is 1.42. The number of carbonyl (C=O) groups excluding carboxylic acids is 1. The summed E-state index contributed by atoms with van der Waals surface area (Å²) in [7, 11) is 0. The van der Waals surface area contributed by atoms with E-state index in [1.165, 1.54) is 35.8 Å². The number of amides is 1. The van der Waals surface area contributed by atoms with E-state index in [4.69, 9.17) is 4.42 Å². The van der Waals surface area contributed by atoms with Crippen molar-refractivity contribution in [2.75, 3.05) is 0 Å². The highest BCUT2D eigenvalue weighted by molar-refractivity contribution is 7.16. The topological polar surface area (TPSA) is 66.0 Å². The first kappa shape index (κ1) is 16.7. The van der Waals surface area contributed by atoms with Crippen molar-refractivity contribution in [1.29, 1.82) is 5.26 Å². The summed E-state index contributed by atoms with van der Waals surface area (Å²) < 4.78 is 18.1. The van der Waals surface area contributed by atoms with E-state index in [1.807, 2.05) is 18.2 Å². The van der Waals surface area contributed by atoms with Crippen LogP contribution in [0.5, 0.6) is 0 Å². The normalized spacial score (nSPS) is 11.1. The van der Waals surface area contributed by atoms with Gasteiger partial charge in [-0.1, -0.05) is 12.1 Å². The van der Waals surface area contributed by atoms with Gasteiger partial charge in [-0.15, -0.1) is 11.3 Å². The SMILES string of the molecule is N#C/C(=C\c1ccc(-c2ccc(F)cc2)s1)C(=O)NCc1ccco1. The summed E-state index contributed by atoms with van der Waals surface area (Å²) in [5, 5.41) is 11.9. The van der Waals surface area contributed by atoms with Crippen molar-refractivity contribution in [2.45, 2.75) is 6.54 Å². The van der Waals surface area contributed by atoms with Crippen LogP contribution in [-0.4, -0.2) is 5.91 Å². The van der Waals surface area contributed by atoms with Crippen LogP contribution in [0.3, 0.4) is 0 Å². The van der Waals surface area contributed by atoms with Gasteiger partial charge in [0.2, 0.25) is 0 Å². The highest BCUT2D eigenvalue weighted by Crippen LogP contribution is 2.29. The number of benzene rings is 1. The monoisotopic (exact) mass is 352 g/mol. The van der Waals surface area contributed by atoms with Crippen molar-refractivity contribution in [3.05, 3.63) is 76.8 Å². The van der Waals surface area contributed by atoms with E-state index in [-0.39, 0.29) is 17.9 Å². The van der Waals surface area contributed by atoms with E-state index in [0.29, 0.717) is 5.76 Å². The second-order valence-corrected chi connectivity index (χ2v) is 6.26. The molecule has 0 bridgehead atoms. The molecule has 0 aliphatic carbocycles. The summed E-state index contributed by atoms with van der Waals surface area (Å²) in [6.45, 7) is 0.218. The van der Waals surface area contributed by atoms with Gasteiger partial charge < -0.3 is 9.73 Å². The molecule has 0 unspecified atom stereocenters. The summed E-state index contributed by atoms with van der Waals surface area (Å²) in [6, 6.07) is 15.2. The van der Waals surface area contributed by atoms with Crippen LogP contribution in [0.2, 0.25) is 0 Å². The van der Waals surface area contributed by atoms with Gasteiger partial charge in [-0.05, 0) is 48.0 Å². The molecule has 0 spiro atoms. The van der Waals surface area contributed by atoms with Crippen LogP contribution < -0.4 is 5.32 Å². The Morgan fingerprint density at radius 2 is 2.04 bits per heavy atom. The van der Waals surface area contributed by atoms with Crippen LogP contribution in [-0.2, 0) is 11.3 Å². The van der Waals surface area contributed by atoms with Crippen molar-refractivity contribution in [3.63, 3.8) is 0 Å². The third-order valence-corrected chi connectivity index (χ3v) is 4.49. The molecule has 0 radical (unpaired) electrons. The van der Waals surface area contributed by atoms with E-state index in [2.05, 4.69) is 5.32 Å². The van der Waals surface area contributed by atoms with Crippen molar-refractivity contribution >= 4 is 23.3 Å². The van der Waals surface area contributed by atoms with Crippen molar-refractivity contribution < 1.29 is 13.6 Å². The number of rotatable bonds is 5. The second-order valence-electron chi connectivity index (χ2n) is 5.14. The molecule has 1 amide bonds. The van der Waals surface area contributed by atoms with Crippen molar-refractivity contribution in [1.82, 2.24) is 5.32 Å². The molecule has 0 atom stereocenters. The lowest BCUT2D eigenvalue weighted by molar-refractivity contribution is -0.117. The van der Waals surface area contributed by atoms with Gasteiger partial charge in [0.1, 0.15) is 23.2 Å². The number of hydrogen-bond donors (Lipinski definition) is 1. The minimum absolute atomic E-state index is 0.0130. The number of hydrogen-bond acceptors (Lipinski definition) is 4. The molecule has 3 rings (SSSR count). The summed E-state index contributed by atoms with van der Waals surface area (Å²) in [5.74, 6) is -0.142. The molecule has 124 valence electrons. The van der Waals surface area contributed by atoms with Gasteiger partial charge in [0.25, 0.3) is 5.91 Å². The van der Waals surface area contributed by atoms with Gasteiger partial charge in [-0.3, -0.25) is 4.79 Å². The smallest absolute Gasteiger partial charge is 0.262 e. The Morgan fingerprint density at radius 3 is 2.72 bits per heavy atom. The van der Waals surface area contributed by atoms with Crippen LogP contribution >= 0.6 is 11.3 Å². The molecule has 1 N–H and O–H groups in total. The van der Waals surface area contributed by atoms with Crippen LogP contribution in [0.25, 0.3) is 16.5 Å². The molecule has 0 saturated heterocycles. The number of furan rings is 1. The fraction of sp³-hybridized carbons (Fsp3) is 0.0526. The maximum Gasteiger partial charge on any atom is 0.262 e. The predicted molar refractivity (Wildman–Crippen MR) is 93.9 cm³/mol. The summed E-state index contributed by atoms with van der Waals surface area (Å²) in [4.78, 5) is 13.8. The molecule has 0 aliphatic heterocycles. The molecule has 2 heterocycles. The van der Waals surface area contributed by atoms with Gasteiger partial charge in [-0.25, -0.2) is 4.39 Å². The number of nitriles is 1. The molecule has 0 saturated carbocycles. The number of nitrogens with zero attached hydrogens (tertiary/aromatic N) is 1. The van der Waals surface area contributed by atoms with E-state index in [1.54, 1.807) is 24.3 Å². The van der Waals surface area contributed by atoms with Gasteiger partial charge >= 0.3 is 0 Å². The lowest BCUT2D eigenvalue weighted by Crippen LogP contribution is -2.23. The Hall–Kier alpha value is -3.17. The summed E-state index contributed by atoms with van der Waals surface area (Å²) in [6.07, 6.45) is 3.06. The molecule has 6 heteroatoms. The van der Waals surface area contributed by atoms with E-state index in [9.17, 15) is 14.4 Å². The fourth-order valence-electron chi connectivity index (χ4n) is 2.17. The third kappa shape index (κ3) is 4.22. The number of carbonyl (C=O) groups is 1. The Kier molecular flexibility index (Phi) is 5.07. The Labute approximate surface area is 147 Å². The fourth-order valence-corrected chi connectivity index (χ4v) is 3.12. The zero-order valence-electron chi connectivity index (χ0n) is 13.0. The molecule has 1 aromatic carbocycles. The predicted octanol–water partition coefficient (Wildman–Crippen LogP) is 4.37. The molecule has 3 aromatic rings. The lowest BCUT2D eigenvalue weighted by atomic mass is 10.2. The van der Waals surface area contributed by atoms with Crippen molar-refractivity contribution in [3.8, 4) is 16.5 Å². The average molecular weight is 352 g/mol. The molecular formula is C19H13FN2O2S. The zero-order chi connectivity index (χ0) is 17.6. The number of nitrogens with one attached hydrogen (secondary N) is 1. The minimum atomic E-state index is -0.462. The minimum Gasteiger partial charge on any atom is -0.467 e.